The van der Waals surface area contributed by atoms with Gasteiger partial charge in [0, 0.05) is 26.6 Å². The molecule has 0 aliphatic heterocycles. The molecule has 0 radical (unpaired) electrons. The first kappa shape index (κ1) is 20.8. The molecule has 0 aromatic heterocycles. The number of hydrogen-bond acceptors (Lipinski definition) is 5. The summed E-state index contributed by atoms with van der Waals surface area (Å²) in [5.41, 5.74) is 3.17. The molecule has 27 heavy (non-hydrogen) atoms. The summed E-state index contributed by atoms with van der Waals surface area (Å²) in [6.45, 7) is 1.59. The molecule has 140 valence electrons. The molecule has 2 aromatic carbocycles. The van der Waals surface area contributed by atoms with E-state index in [1.54, 1.807) is 19.1 Å². The fourth-order valence-electron chi connectivity index (χ4n) is 2.02. The molecule has 0 unspecified atom stereocenters. The minimum absolute atomic E-state index is 0.00666. The Morgan fingerprint density at radius 1 is 1.22 bits per heavy atom. The third-order valence-corrected chi connectivity index (χ3v) is 4.32. The van der Waals surface area contributed by atoms with Crippen LogP contribution >= 0.6 is 34.2 Å². The van der Waals surface area contributed by atoms with Crippen LogP contribution in [-0.2, 0) is 4.79 Å². The van der Waals surface area contributed by atoms with Gasteiger partial charge in [-0.1, -0.05) is 11.6 Å². The summed E-state index contributed by atoms with van der Waals surface area (Å²) >= 11 is 7.94. The minimum Gasteiger partial charge on any atom is -0.326 e. The highest BCUT2D eigenvalue weighted by atomic mass is 127. The summed E-state index contributed by atoms with van der Waals surface area (Å²) in [6, 6.07) is 10.9. The number of nitro groups is 1. The van der Waals surface area contributed by atoms with E-state index < -0.39 is 10.8 Å². The lowest BCUT2D eigenvalue weighted by Gasteiger charge is -2.06. The van der Waals surface area contributed by atoms with Crippen molar-refractivity contribution in [1.29, 1.82) is 0 Å². The third kappa shape index (κ3) is 6.29. The van der Waals surface area contributed by atoms with E-state index in [-0.39, 0.29) is 28.6 Å². The molecule has 0 bridgehead atoms. The largest absolute Gasteiger partial charge is 0.326 e. The van der Waals surface area contributed by atoms with Crippen molar-refractivity contribution in [3.8, 4) is 0 Å². The zero-order valence-electron chi connectivity index (χ0n) is 14.0. The van der Waals surface area contributed by atoms with Crippen molar-refractivity contribution in [2.75, 3.05) is 5.32 Å². The molecular formula is C17H14ClIN4O4. The predicted molar refractivity (Wildman–Crippen MR) is 111 cm³/mol. The summed E-state index contributed by atoms with van der Waals surface area (Å²) in [5.74, 6) is -0.866. The van der Waals surface area contributed by atoms with E-state index >= 15 is 0 Å². The Morgan fingerprint density at radius 2 is 1.89 bits per heavy atom. The number of anilines is 1. The molecule has 0 saturated heterocycles. The molecule has 0 aliphatic carbocycles. The lowest BCUT2D eigenvalue weighted by molar-refractivity contribution is -0.384. The maximum absolute atomic E-state index is 12.0. The minimum atomic E-state index is -0.640. The van der Waals surface area contributed by atoms with Crippen LogP contribution in [0, 0.1) is 13.7 Å². The van der Waals surface area contributed by atoms with Gasteiger partial charge in [-0.2, -0.15) is 5.10 Å². The summed E-state index contributed by atoms with van der Waals surface area (Å²) in [6.07, 6.45) is -0.00666. The van der Waals surface area contributed by atoms with Gasteiger partial charge in [-0.05, 0) is 65.9 Å². The lowest BCUT2D eigenvalue weighted by atomic mass is 10.2. The van der Waals surface area contributed by atoms with E-state index in [0.717, 1.165) is 9.64 Å². The lowest BCUT2D eigenvalue weighted by Crippen LogP contribution is -2.21. The van der Waals surface area contributed by atoms with Crippen LogP contribution in [0.3, 0.4) is 0 Å². The molecule has 0 atom stereocenters. The van der Waals surface area contributed by atoms with Gasteiger partial charge in [0.05, 0.1) is 11.3 Å². The predicted octanol–water partition coefficient (Wildman–Crippen LogP) is 3.99. The average molecular weight is 501 g/mol. The monoisotopic (exact) mass is 500 g/mol. The summed E-state index contributed by atoms with van der Waals surface area (Å²) in [4.78, 5) is 34.1. The van der Waals surface area contributed by atoms with Crippen molar-refractivity contribution in [3.05, 3.63) is 66.7 Å². The third-order valence-electron chi connectivity index (χ3n) is 3.30. The van der Waals surface area contributed by atoms with E-state index in [1.807, 2.05) is 12.1 Å². The van der Waals surface area contributed by atoms with Crippen molar-refractivity contribution < 1.29 is 14.5 Å². The average Bonchev–Trinajstić information content (AvgIpc) is 2.61. The van der Waals surface area contributed by atoms with E-state index in [2.05, 4.69) is 38.4 Å². The van der Waals surface area contributed by atoms with Crippen molar-refractivity contribution in [2.24, 2.45) is 5.10 Å². The number of carbonyl (C=O) groups excluding carboxylic acids is 2. The maximum atomic E-state index is 12.0. The zero-order valence-corrected chi connectivity index (χ0v) is 16.9. The fraction of sp³-hybridized carbons (Fsp3) is 0.118. The van der Waals surface area contributed by atoms with Crippen LogP contribution in [0.25, 0.3) is 0 Å². The molecule has 2 N–H and O–H groups in total. The number of nitro benzene ring substituents is 1. The van der Waals surface area contributed by atoms with Gasteiger partial charge in [0.1, 0.15) is 5.02 Å². The highest BCUT2D eigenvalue weighted by molar-refractivity contribution is 14.1. The van der Waals surface area contributed by atoms with Gasteiger partial charge in [-0.3, -0.25) is 19.7 Å². The standard InChI is InChI=1S/C17H14ClIN4O4/c1-10(8-16(24)20-13-5-3-12(19)4-6-13)21-22-17(25)11-2-7-15(23(26)27)14(18)9-11/h2-7,9H,8H2,1H3,(H,20,24)(H,22,25)/b21-10+. The molecule has 0 aliphatic rings. The van der Waals surface area contributed by atoms with Gasteiger partial charge < -0.3 is 5.32 Å². The van der Waals surface area contributed by atoms with Gasteiger partial charge >= 0.3 is 0 Å². The highest BCUT2D eigenvalue weighted by Gasteiger charge is 2.15. The molecule has 2 rings (SSSR count). The van der Waals surface area contributed by atoms with Crippen LogP contribution in [0.15, 0.2) is 47.6 Å². The van der Waals surface area contributed by atoms with Crippen LogP contribution in [0.2, 0.25) is 5.02 Å². The van der Waals surface area contributed by atoms with Gasteiger partial charge in [0.25, 0.3) is 11.6 Å². The molecule has 0 fully saturated rings. The second-order valence-corrected chi connectivity index (χ2v) is 7.10. The topological polar surface area (TPSA) is 114 Å². The van der Waals surface area contributed by atoms with Crippen LogP contribution in [-0.4, -0.2) is 22.4 Å². The molecule has 0 saturated carbocycles. The van der Waals surface area contributed by atoms with Crippen LogP contribution < -0.4 is 10.7 Å². The molecule has 0 spiro atoms. The number of nitrogens with one attached hydrogen (secondary N) is 2. The van der Waals surface area contributed by atoms with E-state index in [1.165, 1.54) is 12.1 Å². The quantitative estimate of drug-likeness (QED) is 0.270. The van der Waals surface area contributed by atoms with E-state index in [9.17, 15) is 19.7 Å². The summed E-state index contributed by atoms with van der Waals surface area (Å²) in [7, 11) is 0. The SMILES string of the molecule is C/C(CC(=O)Nc1ccc(I)cc1)=N\NC(=O)c1ccc([N+](=O)[O-])c(Cl)c1. The Bertz CT molecular complexity index is 916. The van der Waals surface area contributed by atoms with Gasteiger partial charge in [-0.25, -0.2) is 5.43 Å². The number of amides is 2. The van der Waals surface area contributed by atoms with Gasteiger partial charge in [-0.15, -0.1) is 0 Å². The molecule has 2 amide bonds. The Morgan fingerprint density at radius 3 is 2.48 bits per heavy atom. The number of halogens is 2. The van der Waals surface area contributed by atoms with Crippen molar-refractivity contribution in [2.45, 2.75) is 13.3 Å². The van der Waals surface area contributed by atoms with Crippen molar-refractivity contribution in [3.63, 3.8) is 0 Å². The fourth-order valence-corrected chi connectivity index (χ4v) is 2.63. The molecule has 8 nitrogen and oxygen atoms in total. The van der Waals surface area contributed by atoms with Gasteiger partial charge in [0.15, 0.2) is 0 Å². The Hall–Kier alpha value is -2.53. The summed E-state index contributed by atoms with van der Waals surface area (Å²) < 4.78 is 1.05. The summed E-state index contributed by atoms with van der Waals surface area (Å²) in [5, 5.41) is 17.2. The number of hydrogen-bond donors (Lipinski definition) is 2. The second-order valence-electron chi connectivity index (χ2n) is 5.44. The first-order chi connectivity index (χ1) is 12.8. The number of benzene rings is 2. The zero-order chi connectivity index (χ0) is 20.0. The molecule has 10 heteroatoms. The molecule has 2 aromatic rings. The van der Waals surface area contributed by atoms with Crippen LogP contribution in [0.1, 0.15) is 23.7 Å². The van der Waals surface area contributed by atoms with Gasteiger partial charge in [0.2, 0.25) is 5.91 Å². The molecular weight excluding hydrogens is 487 g/mol. The van der Waals surface area contributed by atoms with Crippen molar-refractivity contribution >= 4 is 63.1 Å². The first-order valence-corrected chi connectivity index (χ1v) is 9.05. The normalized spacial score (nSPS) is 11.0. The van der Waals surface area contributed by atoms with E-state index in [0.29, 0.717) is 11.4 Å². The van der Waals surface area contributed by atoms with Crippen LogP contribution in [0.5, 0.6) is 0 Å². The number of rotatable bonds is 6. The smallest absolute Gasteiger partial charge is 0.287 e. The Labute approximate surface area is 173 Å². The number of nitrogens with zero attached hydrogens (tertiary/aromatic N) is 2. The van der Waals surface area contributed by atoms with E-state index in [4.69, 9.17) is 11.6 Å². The Balaban J connectivity index is 1.93. The number of hydrazone groups is 1. The Kier molecular flexibility index (Phi) is 7.25. The maximum Gasteiger partial charge on any atom is 0.287 e. The van der Waals surface area contributed by atoms with Crippen LogP contribution in [0.4, 0.5) is 11.4 Å². The number of carbonyl (C=O) groups is 2. The van der Waals surface area contributed by atoms with Crippen molar-refractivity contribution in [1.82, 2.24) is 5.43 Å². The first-order valence-electron chi connectivity index (χ1n) is 7.59. The second kappa shape index (κ2) is 9.42. The highest BCUT2D eigenvalue weighted by Crippen LogP contribution is 2.24. The molecule has 0 heterocycles.